The van der Waals surface area contributed by atoms with E-state index < -0.39 is 0 Å². The van der Waals surface area contributed by atoms with E-state index in [0.29, 0.717) is 24.3 Å². The number of methoxy groups -OCH3 is 2. The van der Waals surface area contributed by atoms with Gasteiger partial charge in [0.15, 0.2) is 0 Å². The number of hydrogen-bond donors (Lipinski definition) is 2. The summed E-state index contributed by atoms with van der Waals surface area (Å²) in [6, 6.07) is 7.28. The lowest BCUT2D eigenvalue weighted by Crippen LogP contribution is -2.31. The fourth-order valence-electron chi connectivity index (χ4n) is 3.43. The summed E-state index contributed by atoms with van der Waals surface area (Å²) in [6.45, 7) is 5.67. The van der Waals surface area contributed by atoms with E-state index in [1.54, 1.807) is 20.3 Å². The van der Waals surface area contributed by atoms with Crippen LogP contribution in [-0.4, -0.2) is 68.2 Å². The highest BCUT2D eigenvalue weighted by atomic mass is 16.7. The van der Waals surface area contributed by atoms with Crippen molar-refractivity contribution in [3.05, 3.63) is 30.0 Å². The third-order valence-electron chi connectivity index (χ3n) is 4.99. The molecule has 0 aliphatic carbocycles. The largest absolute Gasteiger partial charge is 0.507 e. The number of benzene rings is 1. The van der Waals surface area contributed by atoms with Crippen LogP contribution in [0.25, 0.3) is 11.3 Å². The Morgan fingerprint density at radius 1 is 1.07 bits per heavy atom. The Morgan fingerprint density at radius 2 is 1.70 bits per heavy atom. The molecule has 0 bridgehead atoms. The van der Waals surface area contributed by atoms with Gasteiger partial charge in [-0.1, -0.05) is 13.8 Å². The summed E-state index contributed by atoms with van der Waals surface area (Å²) in [5.74, 6) is 0.503. The lowest BCUT2D eigenvalue weighted by Gasteiger charge is -2.20. The van der Waals surface area contributed by atoms with Gasteiger partial charge in [-0.2, -0.15) is 0 Å². The fraction of sp³-hybridized carbons (Fsp3) is 0.524. The number of aromatic hydroxyl groups is 1. The Kier molecular flexibility index (Phi) is 7.43. The second-order valence-electron chi connectivity index (χ2n) is 7.52. The SMILES string of the molecule is COCO[C@H]1CN(c2ccc(O)c(-c3cc(C(C)C)nc(N)n3)c2)C[C@@H]1OCOC. The Morgan fingerprint density at radius 3 is 2.27 bits per heavy atom. The van der Waals surface area contributed by atoms with Crippen molar-refractivity contribution in [2.45, 2.75) is 32.0 Å². The van der Waals surface area contributed by atoms with Crippen molar-refractivity contribution >= 4 is 11.6 Å². The standard InChI is InChI=1S/C21H30N4O5/c1-13(2)16-8-17(24-21(22)23-16)15-7-14(5-6-18(15)26)25-9-19(29-11-27-3)20(10-25)30-12-28-4/h5-8,13,19-20,26H,9-12H2,1-4H3,(H2,22,23,24)/t19-,20-/m0/s1. The highest BCUT2D eigenvalue weighted by Gasteiger charge is 2.35. The van der Waals surface area contributed by atoms with Gasteiger partial charge in [0, 0.05) is 44.3 Å². The molecular weight excluding hydrogens is 388 g/mol. The topological polar surface area (TPSA) is 112 Å². The number of phenols is 1. The average molecular weight is 418 g/mol. The highest BCUT2D eigenvalue weighted by molar-refractivity contribution is 5.73. The number of nitrogens with zero attached hydrogens (tertiary/aromatic N) is 3. The second kappa shape index (κ2) is 10.0. The molecule has 30 heavy (non-hydrogen) atoms. The molecule has 2 aromatic rings. The molecular formula is C21H30N4O5. The van der Waals surface area contributed by atoms with Crippen LogP contribution in [0.3, 0.4) is 0 Å². The molecule has 9 heteroatoms. The van der Waals surface area contributed by atoms with Gasteiger partial charge in [-0.25, -0.2) is 9.97 Å². The Balaban J connectivity index is 1.88. The molecule has 1 fully saturated rings. The number of phenolic OH excluding ortho intramolecular Hbond substituents is 1. The van der Waals surface area contributed by atoms with Gasteiger partial charge in [-0.15, -0.1) is 0 Å². The van der Waals surface area contributed by atoms with Crippen molar-refractivity contribution in [2.75, 3.05) is 51.5 Å². The Hall–Kier alpha value is -2.46. The molecule has 1 aliphatic heterocycles. The van der Waals surface area contributed by atoms with E-state index in [1.807, 2.05) is 32.0 Å². The van der Waals surface area contributed by atoms with Crippen molar-refractivity contribution in [1.82, 2.24) is 9.97 Å². The van der Waals surface area contributed by atoms with E-state index in [4.69, 9.17) is 24.7 Å². The van der Waals surface area contributed by atoms with Gasteiger partial charge in [0.2, 0.25) is 5.95 Å². The van der Waals surface area contributed by atoms with Crippen LogP contribution in [0.4, 0.5) is 11.6 Å². The molecule has 0 saturated carbocycles. The van der Waals surface area contributed by atoms with Crippen molar-refractivity contribution in [3.63, 3.8) is 0 Å². The van der Waals surface area contributed by atoms with E-state index in [2.05, 4.69) is 14.9 Å². The quantitative estimate of drug-likeness (QED) is 0.593. The Bertz CT molecular complexity index is 832. The fourth-order valence-corrected chi connectivity index (χ4v) is 3.43. The maximum absolute atomic E-state index is 10.5. The average Bonchev–Trinajstić information content (AvgIpc) is 3.13. The zero-order valence-corrected chi connectivity index (χ0v) is 17.9. The first-order valence-corrected chi connectivity index (χ1v) is 9.86. The minimum atomic E-state index is -0.167. The minimum Gasteiger partial charge on any atom is -0.507 e. The third kappa shape index (κ3) is 5.17. The summed E-state index contributed by atoms with van der Waals surface area (Å²) in [4.78, 5) is 10.8. The van der Waals surface area contributed by atoms with E-state index in [0.717, 1.165) is 11.4 Å². The predicted molar refractivity (Wildman–Crippen MR) is 113 cm³/mol. The molecule has 1 aromatic carbocycles. The zero-order chi connectivity index (χ0) is 21.7. The monoisotopic (exact) mass is 418 g/mol. The molecule has 2 heterocycles. The molecule has 2 atom stereocenters. The third-order valence-corrected chi connectivity index (χ3v) is 4.99. The first-order chi connectivity index (χ1) is 14.4. The van der Waals surface area contributed by atoms with Crippen LogP contribution in [0.5, 0.6) is 5.75 Å². The molecule has 1 saturated heterocycles. The first kappa shape index (κ1) is 22.2. The van der Waals surface area contributed by atoms with Gasteiger partial charge in [0.1, 0.15) is 31.5 Å². The first-order valence-electron chi connectivity index (χ1n) is 9.86. The molecule has 0 spiro atoms. The lowest BCUT2D eigenvalue weighted by molar-refractivity contribution is -0.139. The smallest absolute Gasteiger partial charge is 0.220 e. The molecule has 9 nitrogen and oxygen atoms in total. The minimum absolute atomic E-state index is 0.130. The summed E-state index contributed by atoms with van der Waals surface area (Å²) in [5.41, 5.74) is 8.83. The van der Waals surface area contributed by atoms with E-state index in [1.165, 1.54) is 0 Å². The van der Waals surface area contributed by atoms with Crippen LogP contribution < -0.4 is 10.6 Å². The highest BCUT2D eigenvalue weighted by Crippen LogP contribution is 2.35. The summed E-state index contributed by atoms with van der Waals surface area (Å²) >= 11 is 0. The number of ether oxygens (including phenoxy) is 4. The van der Waals surface area contributed by atoms with Crippen molar-refractivity contribution in [1.29, 1.82) is 0 Å². The number of nitrogen functional groups attached to an aromatic ring is 1. The lowest BCUT2D eigenvalue weighted by atomic mass is 10.0. The van der Waals surface area contributed by atoms with Crippen LogP contribution in [-0.2, 0) is 18.9 Å². The molecule has 3 N–H and O–H groups in total. The van der Waals surface area contributed by atoms with Gasteiger partial charge in [-0.3, -0.25) is 0 Å². The number of anilines is 2. The van der Waals surface area contributed by atoms with Crippen molar-refractivity contribution in [2.24, 2.45) is 0 Å². The van der Waals surface area contributed by atoms with E-state index in [-0.39, 0.29) is 43.4 Å². The van der Waals surface area contributed by atoms with Crippen LogP contribution >= 0.6 is 0 Å². The summed E-state index contributed by atoms with van der Waals surface area (Å²) in [5, 5.41) is 10.5. The van der Waals surface area contributed by atoms with E-state index >= 15 is 0 Å². The maximum atomic E-state index is 10.5. The number of rotatable bonds is 9. The number of aromatic nitrogens is 2. The van der Waals surface area contributed by atoms with Crippen LogP contribution in [0.15, 0.2) is 24.3 Å². The number of hydrogen-bond acceptors (Lipinski definition) is 9. The van der Waals surface area contributed by atoms with E-state index in [9.17, 15) is 5.11 Å². The maximum Gasteiger partial charge on any atom is 0.220 e. The second-order valence-corrected chi connectivity index (χ2v) is 7.52. The number of nitrogens with two attached hydrogens (primary N) is 1. The van der Waals surface area contributed by atoms with Crippen LogP contribution in [0, 0.1) is 0 Å². The summed E-state index contributed by atoms with van der Waals surface area (Å²) in [7, 11) is 3.17. The van der Waals surface area contributed by atoms with Gasteiger partial charge in [0.25, 0.3) is 0 Å². The molecule has 0 unspecified atom stereocenters. The summed E-state index contributed by atoms with van der Waals surface area (Å²) < 4.78 is 21.6. The van der Waals surface area contributed by atoms with Gasteiger partial charge in [-0.05, 0) is 30.2 Å². The van der Waals surface area contributed by atoms with Crippen molar-refractivity contribution < 1.29 is 24.1 Å². The molecule has 164 valence electrons. The summed E-state index contributed by atoms with van der Waals surface area (Å²) in [6.07, 6.45) is -0.334. The van der Waals surface area contributed by atoms with Gasteiger partial charge >= 0.3 is 0 Å². The molecule has 0 amide bonds. The zero-order valence-electron chi connectivity index (χ0n) is 17.9. The van der Waals surface area contributed by atoms with Gasteiger partial charge in [0.05, 0.1) is 5.69 Å². The van der Waals surface area contributed by atoms with Crippen molar-refractivity contribution in [3.8, 4) is 17.0 Å². The van der Waals surface area contributed by atoms with Gasteiger partial charge < -0.3 is 34.7 Å². The molecule has 3 rings (SSSR count). The predicted octanol–water partition coefficient (Wildman–Crippen LogP) is 2.35. The van der Waals surface area contributed by atoms with Crippen LogP contribution in [0.1, 0.15) is 25.5 Å². The van der Waals surface area contributed by atoms with Crippen LogP contribution in [0.2, 0.25) is 0 Å². The Labute approximate surface area is 176 Å². The molecule has 0 radical (unpaired) electrons. The normalized spacial score (nSPS) is 19.0. The molecule has 1 aromatic heterocycles. The molecule has 1 aliphatic rings.